The average molecular weight is 202 g/mol. The Hall–Kier alpha value is -1.68. The van der Waals surface area contributed by atoms with Gasteiger partial charge in [0, 0.05) is 6.54 Å². The molecule has 2 N–H and O–H groups in total. The highest BCUT2D eigenvalue weighted by atomic mass is 15.4. The summed E-state index contributed by atoms with van der Waals surface area (Å²) in [5.74, 6) is 0. The number of rotatable bonds is 2. The van der Waals surface area contributed by atoms with Gasteiger partial charge in [0.05, 0.1) is 17.6 Å². The third kappa shape index (κ3) is 1.76. The van der Waals surface area contributed by atoms with Gasteiger partial charge in [0.25, 0.3) is 0 Å². The lowest BCUT2D eigenvalue weighted by Gasteiger charge is -2.07. The molecule has 1 aromatic heterocycles. The zero-order chi connectivity index (χ0) is 10.8. The summed E-state index contributed by atoms with van der Waals surface area (Å²) < 4.78 is 1.78. The molecule has 0 radical (unpaired) electrons. The number of nitrogens with zero attached hydrogens (tertiary/aromatic N) is 3. The number of benzene rings is 1. The van der Waals surface area contributed by atoms with E-state index in [4.69, 9.17) is 5.73 Å². The van der Waals surface area contributed by atoms with Crippen molar-refractivity contribution in [2.75, 3.05) is 0 Å². The predicted octanol–water partition coefficient (Wildman–Crippen LogP) is 1.34. The fourth-order valence-corrected chi connectivity index (χ4v) is 1.67. The first-order valence-corrected chi connectivity index (χ1v) is 4.90. The molecule has 0 saturated heterocycles. The lowest BCUT2D eigenvalue weighted by atomic mass is 10.1. The second-order valence-corrected chi connectivity index (χ2v) is 3.60. The van der Waals surface area contributed by atoms with Gasteiger partial charge in [0.2, 0.25) is 0 Å². The van der Waals surface area contributed by atoms with Crippen LogP contribution in [0.4, 0.5) is 0 Å². The van der Waals surface area contributed by atoms with Gasteiger partial charge in [-0.25, -0.2) is 4.68 Å². The molecule has 0 spiro atoms. The van der Waals surface area contributed by atoms with E-state index in [0.717, 1.165) is 11.4 Å². The summed E-state index contributed by atoms with van der Waals surface area (Å²) in [5.41, 5.74) is 9.76. The highest BCUT2D eigenvalue weighted by molar-refractivity contribution is 5.46. The van der Waals surface area contributed by atoms with E-state index in [1.54, 1.807) is 4.68 Å². The van der Waals surface area contributed by atoms with E-state index < -0.39 is 0 Å². The molecule has 0 aliphatic carbocycles. The molecule has 1 heterocycles. The molecule has 78 valence electrons. The molecule has 0 saturated carbocycles. The molecular formula is C11H14N4. The topological polar surface area (TPSA) is 56.7 Å². The van der Waals surface area contributed by atoms with Crippen LogP contribution in [0.15, 0.2) is 24.4 Å². The maximum atomic E-state index is 5.50. The number of para-hydroxylation sites is 1. The zero-order valence-electron chi connectivity index (χ0n) is 8.94. The second kappa shape index (κ2) is 3.82. The number of hydrogen-bond acceptors (Lipinski definition) is 3. The molecule has 0 fully saturated rings. The Morgan fingerprint density at radius 2 is 1.93 bits per heavy atom. The first kappa shape index (κ1) is 9.86. The molecule has 0 unspecified atom stereocenters. The maximum Gasteiger partial charge on any atom is 0.0967 e. The summed E-state index contributed by atoms with van der Waals surface area (Å²) in [6.45, 7) is 4.54. The lowest BCUT2D eigenvalue weighted by Crippen LogP contribution is -2.00. The predicted molar refractivity (Wildman–Crippen MR) is 58.7 cm³/mol. The molecule has 2 rings (SSSR count). The number of aromatic nitrogens is 3. The van der Waals surface area contributed by atoms with E-state index in [0.29, 0.717) is 6.54 Å². The van der Waals surface area contributed by atoms with Crippen molar-refractivity contribution in [3.05, 3.63) is 41.2 Å². The van der Waals surface area contributed by atoms with Crippen LogP contribution < -0.4 is 5.73 Å². The normalized spacial score (nSPS) is 10.6. The first-order chi connectivity index (χ1) is 7.22. The summed E-state index contributed by atoms with van der Waals surface area (Å²) in [4.78, 5) is 0. The Kier molecular flexibility index (Phi) is 2.51. The van der Waals surface area contributed by atoms with Crippen molar-refractivity contribution >= 4 is 0 Å². The minimum Gasteiger partial charge on any atom is -0.325 e. The van der Waals surface area contributed by atoms with Gasteiger partial charge in [-0.2, -0.15) is 0 Å². The third-order valence-electron chi connectivity index (χ3n) is 2.42. The zero-order valence-corrected chi connectivity index (χ0v) is 8.94. The quantitative estimate of drug-likeness (QED) is 0.799. The smallest absolute Gasteiger partial charge is 0.0967 e. The van der Waals surface area contributed by atoms with Gasteiger partial charge >= 0.3 is 0 Å². The molecule has 2 aromatic rings. The van der Waals surface area contributed by atoms with E-state index in [9.17, 15) is 0 Å². The Bertz CT molecular complexity index is 453. The van der Waals surface area contributed by atoms with Crippen molar-refractivity contribution in [1.29, 1.82) is 0 Å². The minimum atomic E-state index is 0.422. The van der Waals surface area contributed by atoms with Crippen molar-refractivity contribution < 1.29 is 0 Å². The van der Waals surface area contributed by atoms with E-state index in [1.807, 2.05) is 12.3 Å². The van der Waals surface area contributed by atoms with Crippen LogP contribution in [0, 0.1) is 13.8 Å². The molecule has 0 bridgehead atoms. The van der Waals surface area contributed by atoms with Crippen molar-refractivity contribution in [1.82, 2.24) is 15.0 Å². The Morgan fingerprint density at radius 1 is 1.27 bits per heavy atom. The SMILES string of the molecule is Cc1cccc(C)c1-n1cc(CN)nn1. The number of aryl methyl sites for hydroxylation is 2. The van der Waals surface area contributed by atoms with E-state index >= 15 is 0 Å². The van der Waals surface area contributed by atoms with Gasteiger partial charge in [-0.3, -0.25) is 0 Å². The van der Waals surface area contributed by atoms with E-state index in [2.05, 4.69) is 36.3 Å². The highest BCUT2D eigenvalue weighted by Gasteiger charge is 2.06. The van der Waals surface area contributed by atoms with Crippen LogP contribution in [0.1, 0.15) is 16.8 Å². The summed E-state index contributed by atoms with van der Waals surface area (Å²) in [6, 6.07) is 6.16. The lowest BCUT2D eigenvalue weighted by molar-refractivity contribution is 0.788. The van der Waals surface area contributed by atoms with Crippen LogP contribution in [-0.4, -0.2) is 15.0 Å². The standard InChI is InChI=1S/C11H14N4/c1-8-4-3-5-9(2)11(8)15-7-10(6-12)13-14-15/h3-5,7H,6,12H2,1-2H3. The summed E-state index contributed by atoms with van der Waals surface area (Å²) in [5, 5.41) is 8.05. The van der Waals surface area contributed by atoms with Gasteiger partial charge in [-0.05, 0) is 25.0 Å². The minimum absolute atomic E-state index is 0.422. The van der Waals surface area contributed by atoms with Crippen molar-refractivity contribution in [3.63, 3.8) is 0 Å². The van der Waals surface area contributed by atoms with Crippen molar-refractivity contribution in [3.8, 4) is 5.69 Å². The number of nitrogens with two attached hydrogens (primary N) is 1. The van der Waals surface area contributed by atoms with Gasteiger partial charge in [0.1, 0.15) is 0 Å². The molecule has 0 aliphatic rings. The fraction of sp³-hybridized carbons (Fsp3) is 0.273. The van der Waals surface area contributed by atoms with Gasteiger partial charge in [-0.1, -0.05) is 23.4 Å². The Balaban J connectivity index is 2.53. The summed E-state index contributed by atoms with van der Waals surface area (Å²) in [7, 11) is 0. The van der Waals surface area contributed by atoms with Crippen molar-refractivity contribution in [2.45, 2.75) is 20.4 Å². The molecule has 1 aromatic carbocycles. The monoisotopic (exact) mass is 202 g/mol. The Morgan fingerprint density at radius 3 is 2.47 bits per heavy atom. The number of hydrogen-bond donors (Lipinski definition) is 1. The third-order valence-corrected chi connectivity index (χ3v) is 2.42. The molecule has 15 heavy (non-hydrogen) atoms. The summed E-state index contributed by atoms with van der Waals surface area (Å²) >= 11 is 0. The first-order valence-electron chi connectivity index (χ1n) is 4.90. The molecule has 0 amide bonds. The average Bonchev–Trinajstić information content (AvgIpc) is 2.66. The van der Waals surface area contributed by atoms with E-state index in [1.165, 1.54) is 11.1 Å². The van der Waals surface area contributed by atoms with Crippen LogP contribution in [0.25, 0.3) is 5.69 Å². The summed E-state index contributed by atoms with van der Waals surface area (Å²) in [6.07, 6.45) is 1.87. The van der Waals surface area contributed by atoms with Crippen molar-refractivity contribution in [2.24, 2.45) is 5.73 Å². The molecule has 0 aliphatic heterocycles. The molecular weight excluding hydrogens is 188 g/mol. The highest BCUT2D eigenvalue weighted by Crippen LogP contribution is 2.17. The molecule has 4 nitrogen and oxygen atoms in total. The van der Waals surface area contributed by atoms with Crippen LogP contribution in [-0.2, 0) is 6.54 Å². The van der Waals surface area contributed by atoms with Crippen LogP contribution in [0.5, 0.6) is 0 Å². The van der Waals surface area contributed by atoms with Gasteiger partial charge < -0.3 is 5.73 Å². The van der Waals surface area contributed by atoms with E-state index in [-0.39, 0.29) is 0 Å². The maximum absolute atomic E-state index is 5.50. The van der Waals surface area contributed by atoms with Crippen LogP contribution in [0.2, 0.25) is 0 Å². The fourth-order valence-electron chi connectivity index (χ4n) is 1.67. The molecule has 4 heteroatoms. The van der Waals surface area contributed by atoms with Gasteiger partial charge in [-0.15, -0.1) is 5.10 Å². The van der Waals surface area contributed by atoms with Gasteiger partial charge in [0.15, 0.2) is 0 Å². The largest absolute Gasteiger partial charge is 0.325 e. The second-order valence-electron chi connectivity index (χ2n) is 3.60. The Labute approximate surface area is 88.7 Å². The van der Waals surface area contributed by atoms with Crippen LogP contribution in [0.3, 0.4) is 0 Å². The van der Waals surface area contributed by atoms with Crippen LogP contribution >= 0.6 is 0 Å². The molecule has 0 atom stereocenters.